The van der Waals surface area contributed by atoms with Crippen LogP contribution < -0.4 is 4.74 Å². The number of aliphatic hydroxyl groups excluding tert-OH is 1. The molecule has 16 heavy (non-hydrogen) atoms. The molecular weight excluding hydrogens is 220 g/mol. The molecule has 0 spiro atoms. The van der Waals surface area contributed by atoms with E-state index in [4.69, 9.17) is 5.11 Å². The molecule has 0 aliphatic rings. The zero-order valence-electron chi connectivity index (χ0n) is 8.61. The molecule has 1 rings (SSSR count). The van der Waals surface area contributed by atoms with E-state index < -0.39 is 15.5 Å². The molecule has 1 aromatic carbocycles. The van der Waals surface area contributed by atoms with Gasteiger partial charge in [-0.25, -0.2) is 0 Å². The van der Waals surface area contributed by atoms with E-state index in [9.17, 15) is 20.2 Å². The molecule has 0 aromatic heterocycles. The Labute approximate surface area is 90.4 Å². The molecule has 0 saturated heterocycles. The van der Waals surface area contributed by atoms with E-state index in [0.29, 0.717) is 0 Å². The molecule has 0 fully saturated rings. The summed E-state index contributed by atoms with van der Waals surface area (Å²) in [7, 11) is 2.26. The minimum Gasteiger partial charge on any atom is -0.490 e. The quantitative estimate of drug-likeness (QED) is 0.614. The number of ether oxygens (including phenoxy) is 1. The molecular formula is C8H10N2O6. The van der Waals surface area contributed by atoms with Gasteiger partial charge >= 0.3 is 5.69 Å². The second kappa shape index (κ2) is 6.30. The van der Waals surface area contributed by atoms with Gasteiger partial charge in [0, 0.05) is 13.2 Å². The van der Waals surface area contributed by atoms with Crippen LogP contribution in [-0.2, 0) is 0 Å². The highest BCUT2D eigenvalue weighted by Gasteiger charge is 2.19. The highest BCUT2D eigenvalue weighted by Crippen LogP contribution is 2.30. The van der Waals surface area contributed by atoms with E-state index in [1.807, 2.05) is 0 Å². The summed E-state index contributed by atoms with van der Waals surface area (Å²) in [6.07, 6.45) is 0. The summed E-state index contributed by atoms with van der Waals surface area (Å²) in [4.78, 5) is 19.3. The first-order chi connectivity index (χ1) is 7.56. The molecule has 0 bridgehead atoms. The zero-order valence-corrected chi connectivity index (χ0v) is 8.61. The van der Waals surface area contributed by atoms with Crippen molar-refractivity contribution < 1.29 is 19.7 Å². The number of non-ortho nitro benzene ring substituents is 1. The lowest BCUT2D eigenvalue weighted by atomic mass is 10.2. The van der Waals surface area contributed by atoms with E-state index in [1.165, 1.54) is 13.2 Å². The third kappa shape index (κ3) is 3.17. The molecule has 0 radical (unpaired) electrons. The first-order valence-corrected chi connectivity index (χ1v) is 3.98. The molecule has 0 saturated carbocycles. The summed E-state index contributed by atoms with van der Waals surface area (Å²) < 4.78 is 4.68. The Morgan fingerprint density at radius 3 is 2.12 bits per heavy atom. The molecule has 0 unspecified atom stereocenters. The molecule has 1 aromatic rings. The highest BCUT2D eigenvalue weighted by atomic mass is 16.6. The van der Waals surface area contributed by atoms with Crippen molar-refractivity contribution in [1.82, 2.24) is 0 Å². The average Bonchev–Trinajstić information content (AvgIpc) is 2.30. The number of nitrogens with zero attached hydrogens (tertiary/aromatic N) is 2. The van der Waals surface area contributed by atoms with E-state index in [1.54, 1.807) is 0 Å². The van der Waals surface area contributed by atoms with Crippen molar-refractivity contribution in [1.29, 1.82) is 0 Å². The summed E-state index contributed by atoms with van der Waals surface area (Å²) in [5, 5.41) is 27.8. The molecule has 0 amide bonds. The number of nitro benzene ring substituents is 2. The number of hydrogen-bond acceptors (Lipinski definition) is 6. The van der Waals surface area contributed by atoms with E-state index >= 15 is 0 Å². The summed E-state index contributed by atoms with van der Waals surface area (Å²) >= 11 is 0. The third-order valence-electron chi connectivity index (χ3n) is 1.57. The Hall–Kier alpha value is -2.22. The van der Waals surface area contributed by atoms with Crippen LogP contribution in [0.15, 0.2) is 18.2 Å². The van der Waals surface area contributed by atoms with Crippen LogP contribution in [0, 0.1) is 20.2 Å². The highest BCUT2D eigenvalue weighted by molar-refractivity contribution is 5.53. The van der Waals surface area contributed by atoms with Gasteiger partial charge in [-0.1, -0.05) is 0 Å². The van der Waals surface area contributed by atoms with E-state index in [0.717, 1.165) is 19.2 Å². The smallest absolute Gasteiger partial charge is 0.317 e. The summed E-state index contributed by atoms with van der Waals surface area (Å²) in [6.45, 7) is 0. The molecule has 0 atom stereocenters. The van der Waals surface area contributed by atoms with Crippen LogP contribution >= 0.6 is 0 Å². The van der Waals surface area contributed by atoms with Gasteiger partial charge < -0.3 is 9.84 Å². The van der Waals surface area contributed by atoms with E-state index in [2.05, 4.69) is 4.74 Å². The normalized spacial score (nSPS) is 8.69. The van der Waals surface area contributed by atoms with Crippen LogP contribution in [0.4, 0.5) is 11.4 Å². The molecule has 0 aliphatic carbocycles. The predicted octanol–water partition coefficient (Wildman–Crippen LogP) is 1.12. The third-order valence-corrected chi connectivity index (χ3v) is 1.57. The topological polar surface area (TPSA) is 116 Å². The van der Waals surface area contributed by atoms with Gasteiger partial charge in [-0.3, -0.25) is 20.2 Å². The standard InChI is InChI=1S/C7H6N2O5.CH4O/c1-14-7-3-2-5(8(10)11)4-6(7)9(12)13;1-2/h2-4H,1H3;2H,1H3. The van der Waals surface area contributed by atoms with Crippen molar-refractivity contribution in [3.63, 3.8) is 0 Å². The van der Waals surface area contributed by atoms with Crippen molar-refractivity contribution in [2.75, 3.05) is 14.2 Å². The Kier molecular flexibility index (Phi) is 5.42. The fourth-order valence-electron chi connectivity index (χ4n) is 0.935. The van der Waals surface area contributed by atoms with Crippen LogP contribution in [-0.4, -0.2) is 29.2 Å². The maximum atomic E-state index is 10.5. The van der Waals surface area contributed by atoms with Gasteiger partial charge in [-0.05, 0) is 6.07 Å². The summed E-state index contributed by atoms with van der Waals surface area (Å²) in [6, 6.07) is 3.20. The summed E-state index contributed by atoms with van der Waals surface area (Å²) in [5.41, 5.74) is -0.751. The van der Waals surface area contributed by atoms with Crippen molar-refractivity contribution in [3.8, 4) is 5.75 Å². The number of nitro groups is 2. The second-order valence-electron chi connectivity index (χ2n) is 2.37. The van der Waals surface area contributed by atoms with Crippen LogP contribution in [0.1, 0.15) is 0 Å². The van der Waals surface area contributed by atoms with Gasteiger partial charge in [0.15, 0.2) is 5.75 Å². The van der Waals surface area contributed by atoms with Crippen molar-refractivity contribution in [3.05, 3.63) is 38.4 Å². The first kappa shape index (κ1) is 13.8. The number of aliphatic hydroxyl groups is 1. The van der Waals surface area contributed by atoms with Gasteiger partial charge in [0.2, 0.25) is 0 Å². The largest absolute Gasteiger partial charge is 0.490 e. The Morgan fingerprint density at radius 2 is 1.75 bits per heavy atom. The zero-order chi connectivity index (χ0) is 12.7. The Morgan fingerprint density at radius 1 is 1.19 bits per heavy atom. The SMILES string of the molecule is CO.COc1ccc([N+](=O)[O-])cc1[N+](=O)[O-]. The van der Waals surface area contributed by atoms with Crippen LogP contribution in [0.3, 0.4) is 0 Å². The van der Waals surface area contributed by atoms with Crippen molar-refractivity contribution in [2.45, 2.75) is 0 Å². The minimum absolute atomic E-state index is 0.000556. The molecule has 0 heterocycles. The molecule has 8 nitrogen and oxygen atoms in total. The van der Waals surface area contributed by atoms with Crippen LogP contribution in [0.2, 0.25) is 0 Å². The fourth-order valence-corrected chi connectivity index (χ4v) is 0.935. The van der Waals surface area contributed by atoms with Gasteiger partial charge in [0.25, 0.3) is 5.69 Å². The number of rotatable bonds is 3. The minimum atomic E-state index is -0.730. The van der Waals surface area contributed by atoms with Crippen LogP contribution in [0.5, 0.6) is 5.75 Å². The van der Waals surface area contributed by atoms with Gasteiger partial charge in [0.05, 0.1) is 23.0 Å². The number of benzene rings is 1. The fraction of sp³-hybridized carbons (Fsp3) is 0.250. The number of methoxy groups -OCH3 is 1. The maximum absolute atomic E-state index is 10.5. The lowest BCUT2D eigenvalue weighted by molar-refractivity contribution is -0.394. The van der Waals surface area contributed by atoms with Gasteiger partial charge in [-0.15, -0.1) is 0 Å². The molecule has 88 valence electrons. The number of hydrogen-bond donors (Lipinski definition) is 1. The second-order valence-corrected chi connectivity index (χ2v) is 2.37. The predicted molar refractivity (Wildman–Crippen MR) is 54.4 cm³/mol. The summed E-state index contributed by atoms with van der Waals surface area (Å²) in [5.74, 6) is 0.000556. The first-order valence-electron chi connectivity index (χ1n) is 3.98. The van der Waals surface area contributed by atoms with E-state index in [-0.39, 0.29) is 11.4 Å². The molecule has 0 aliphatic heterocycles. The lowest BCUT2D eigenvalue weighted by Gasteiger charge is -1.99. The average molecular weight is 230 g/mol. The molecule has 8 heteroatoms. The Balaban J connectivity index is 0.00000106. The van der Waals surface area contributed by atoms with Gasteiger partial charge in [-0.2, -0.15) is 0 Å². The van der Waals surface area contributed by atoms with Gasteiger partial charge in [0.1, 0.15) is 0 Å². The van der Waals surface area contributed by atoms with Crippen molar-refractivity contribution >= 4 is 11.4 Å². The Bertz CT molecular complexity index is 392. The van der Waals surface area contributed by atoms with Crippen molar-refractivity contribution in [2.24, 2.45) is 0 Å². The monoisotopic (exact) mass is 230 g/mol. The lowest BCUT2D eigenvalue weighted by Crippen LogP contribution is -1.95. The molecule has 1 N–H and O–H groups in total. The maximum Gasteiger partial charge on any atom is 0.317 e. The van der Waals surface area contributed by atoms with Crippen LogP contribution in [0.25, 0.3) is 0 Å².